The number of ether oxygens (including phenoxy) is 2. The first kappa shape index (κ1) is 50.0. The van der Waals surface area contributed by atoms with E-state index < -0.39 is 73.2 Å². The highest BCUT2D eigenvalue weighted by molar-refractivity contribution is 7.91. The molecule has 346 valence electrons. The largest absolute Gasteiger partial charge is 0.459 e. The Morgan fingerprint density at radius 3 is 2.18 bits per heavy atom. The topological polar surface area (TPSA) is 207 Å². The summed E-state index contributed by atoms with van der Waals surface area (Å²) >= 11 is 0. The minimum absolute atomic E-state index is 0.0231. The van der Waals surface area contributed by atoms with Crippen molar-refractivity contribution in [2.75, 3.05) is 19.6 Å². The average Bonchev–Trinajstić information content (AvgIpc) is 4.05. The zero-order valence-corrected chi connectivity index (χ0v) is 39.6. The smallest absolute Gasteiger partial charge is 0.408 e. The minimum Gasteiger partial charge on any atom is -0.459 e. The van der Waals surface area contributed by atoms with Crippen LogP contribution in [0, 0.1) is 23.7 Å². The lowest BCUT2D eigenvalue weighted by atomic mass is 9.85. The second kappa shape index (κ2) is 19.4. The van der Waals surface area contributed by atoms with E-state index in [1.54, 1.807) is 66.7 Å². The summed E-state index contributed by atoms with van der Waals surface area (Å²) in [6, 6.07) is -2.19. The minimum atomic E-state index is -3.99. The van der Waals surface area contributed by atoms with E-state index in [-0.39, 0.29) is 43.4 Å². The zero-order valence-electron chi connectivity index (χ0n) is 38.7. The standard InChI is InChI=1S/C45H71N7O9S/c1-14-18-20-44(21-22-44)62(58,59)50-39(56)45(25-30(45)16-3)27-47-37(54)33-24-31(26-51(33)38(55)35(42(8,9)10)49-41(57)61-43(11,12)13)60-40-48-34(29(7)52(40)28(5)6)32(17-4)36(53)46-23-19-15-2/h14-15,17,28,30-31,33,35H,1-2,16,18-27H2,3-13H3,(H,46,53)(H,47,54)(H,49,57)(H,50,56). The van der Waals surface area contributed by atoms with Crippen molar-refractivity contribution in [3.8, 4) is 6.01 Å². The molecule has 0 radical (unpaired) electrons. The number of imidazole rings is 1. The van der Waals surface area contributed by atoms with Crippen molar-refractivity contribution in [1.82, 2.24) is 35.1 Å². The highest BCUT2D eigenvalue weighted by Gasteiger charge is 2.62. The molecule has 17 heteroatoms. The van der Waals surface area contributed by atoms with Crippen molar-refractivity contribution in [2.45, 2.75) is 162 Å². The Balaban J connectivity index is 1.66. The Hall–Kier alpha value is -4.67. The molecule has 2 aliphatic carbocycles. The molecule has 1 aromatic rings. The first-order valence-corrected chi connectivity index (χ1v) is 23.4. The molecule has 2 heterocycles. The summed E-state index contributed by atoms with van der Waals surface area (Å²) in [6.45, 7) is 27.5. The molecule has 0 aromatic carbocycles. The average molecular weight is 886 g/mol. The van der Waals surface area contributed by atoms with Crippen LogP contribution in [0.25, 0.3) is 5.57 Å². The normalized spacial score (nSPS) is 22.6. The van der Waals surface area contributed by atoms with Crippen LogP contribution < -0.4 is 25.4 Å². The summed E-state index contributed by atoms with van der Waals surface area (Å²) in [6.07, 6.45) is 6.88. The molecule has 5 amide bonds. The fraction of sp³-hybridized carbons (Fsp3) is 0.689. The number of amides is 5. The van der Waals surface area contributed by atoms with E-state index in [0.29, 0.717) is 68.5 Å². The number of allylic oxidation sites excluding steroid dienone is 2. The van der Waals surface area contributed by atoms with E-state index in [2.05, 4.69) is 33.8 Å². The second-order valence-corrected chi connectivity index (χ2v) is 21.5. The molecule has 2 saturated carbocycles. The van der Waals surface area contributed by atoms with Crippen LogP contribution in [0.3, 0.4) is 0 Å². The lowest BCUT2D eigenvalue weighted by molar-refractivity contribution is -0.142. The van der Waals surface area contributed by atoms with Crippen LogP contribution in [-0.4, -0.2) is 101 Å². The first-order chi connectivity index (χ1) is 28.8. The molecular formula is C45H71N7O9S. The number of alkyl carbamates (subject to hydrolysis) is 1. The molecule has 16 nitrogen and oxygen atoms in total. The van der Waals surface area contributed by atoms with E-state index in [4.69, 9.17) is 14.5 Å². The van der Waals surface area contributed by atoms with Gasteiger partial charge >= 0.3 is 6.09 Å². The Kier molecular flexibility index (Phi) is 15.6. The molecule has 3 aliphatic rings. The van der Waals surface area contributed by atoms with Gasteiger partial charge in [-0.05, 0) is 98.3 Å². The molecule has 1 aromatic heterocycles. The predicted octanol–water partition coefficient (Wildman–Crippen LogP) is 5.63. The number of nitrogens with one attached hydrogen (secondary N) is 4. The van der Waals surface area contributed by atoms with Crippen molar-refractivity contribution >= 4 is 45.3 Å². The van der Waals surface area contributed by atoms with Gasteiger partial charge in [-0.3, -0.25) is 28.5 Å². The molecule has 4 rings (SSSR count). The third kappa shape index (κ3) is 11.3. The van der Waals surface area contributed by atoms with E-state index in [1.165, 1.54) is 4.90 Å². The summed E-state index contributed by atoms with van der Waals surface area (Å²) in [5.74, 6) is -2.22. The summed E-state index contributed by atoms with van der Waals surface area (Å²) in [5.41, 5.74) is -1.35. The van der Waals surface area contributed by atoms with Crippen LogP contribution in [0.2, 0.25) is 0 Å². The predicted molar refractivity (Wildman–Crippen MR) is 238 cm³/mol. The van der Waals surface area contributed by atoms with Gasteiger partial charge in [-0.25, -0.2) is 13.2 Å². The molecule has 1 saturated heterocycles. The van der Waals surface area contributed by atoms with Gasteiger partial charge in [0.25, 0.3) is 11.9 Å². The summed E-state index contributed by atoms with van der Waals surface area (Å²) in [7, 11) is -3.99. The van der Waals surface area contributed by atoms with Crippen LogP contribution >= 0.6 is 0 Å². The van der Waals surface area contributed by atoms with Gasteiger partial charge in [-0.2, -0.15) is 4.98 Å². The van der Waals surface area contributed by atoms with Crippen LogP contribution in [-0.2, 0) is 33.9 Å². The molecule has 62 heavy (non-hydrogen) atoms. The number of hydrogen-bond acceptors (Lipinski definition) is 10. The zero-order chi connectivity index (χ0) is 46.6. The van der Waals surface area contributed by atoms with Crippen molar-refractivity contribution < 1.29 is 41.9 Å². The van der Waals surface area contributed by atoms with Crippen molar-refractivity contribution in [2.24, 2.45) is 16.7 Å². The summed E-state index contributed by atoms with van der Waals surface area (Å²) in [5, 5.41) is 8.54. The van der Waals surface area contributed by atoms with E-state index in [1.807, 2.05) is 32.3 Å². The lowest BCUT2D eigenvalue weighted by Crippen LogP contribution is -2.58. The highest BCUT2D eigenvalue weighted by atomic mass is 32.2. The number of aromatic nitrogens is 2. The Morgan fingerprint density at radius 2 is 1.66 bits per heavy atom. The molecule has 0 bridgehead atoms. The maximum Gasteiger partial charge on any atom is 0.408 e. The van der Waals surface area contributed by atoms with Crippen LogP contribution in [0.1, 0.15) is 138 Å². The Morgan fingerprint density at radius 1 is 1.02 bits per heavy atom. The number of nitrogens with zero attached hydrogens (tertiary/aromatic N) is 3. The van der Waals surface area contributed by atoms with Crippen LogP contribution in [0.15, 0.2) is 31.4 Å². The Bertz CT molecular complexity index is 2020. The van der Waals surface area contributed by atoms with Crippen molar-refractivity contribution in [3.05, 3.63) is 42.8 Å². The lowest BCUT2D eigenvalue weighted by Gasteiger charge is -2.35. The third-order valence-corrected chi connectivity index (χ3v) is 14.3. The van der Waals surface area contributed by atoms with Gasteiger partial charge in [-0.15, -0.1) is 13.2 Å². The van der Waals surface area contributed by atoms with Crippen LogP contribution in [0.4, 0.5) is 4.79 Å². The van der Waals surface area contributed by atoms with Gasteiger partial charge in [-0.1, -0.05) is 52.3 Å². The van der Waals surface area contributed by atoms with Gasteiger partial charge < -0.3 is 30.3 Å². The number of sulfonamides is 1. The highest BCUT2D eigenvalue weighted by Crippen LogP contribution is 2.55. The molecule has 5 unspecified atom stereocenters. The molecule has 4 N–H and O–H groups in total. The van der Waals surface area contributed by atoms with Gasteiger partial charge in [0, 0.05) is 31.2 Å². The third-order valence-electron chi connectivity index (χ3n) is 12.1. The van der Waals surface area contributed by atoms with Crippen molar-refractivity contribution in [3.63, 3.8) is 0 Å². The molecule has 0 spiro atoms. The Labute approximate surface area is 368 Å². The number of carbonyl (C=O) groups excluding carboxylic acids is 5. The van der Waals surface area contributed by atoms with Crippen LogP contribution in [0.5, 0.6) is 6.01 Å². The maximum atomic E-state index is 14.7. The number of rotatable bonds is 20. The van der Waals surface area contributed by atoms with Gasteiger partial charge in [0.1, 0.15) is 29.5 Å². The maximum absolute atomic E-state index is 14.7. The second-order valence-electron chi connectivity index (χ2n) is 19.4. The van der Waals surface area contributed by atoms with Crippen molar-refractivity contribution in [1.29, 1.82) is 0 Å². The molecule has 1 aliphatic heterocycles. The van der Waals surface area contributed by atoms with Gasteiger partial charge in [0.15, 0.2) is 0 Å². The monoisotopic (exact) mass is 886 g/mol. The van der Waals surface area contributed by atoms with E-state index >= 15 is 0 Å². The van der Waals surface area contributed by atoms with E-state index in [0.717, 1.165) is 0 Å². The molecular weight excluding hydrogens is 815 g/mol. The summed E-state index contributed by atoms with van der Waals surface area (Å²) < 4.78 is 42.3. The molecule has 5 atom stereocenters. The SMILES string of the molecule is C=CCCNC(=O)C(=CC)c1nc(OC2CC(C(=O)NCC3(C(=O)NS(=O)(=O)C4(CCC=C)CC4)CC3CC)N(C(=O)C(NC(=O)OC(C)(C)C)C(C)(C)C)C2)n(C(C)C)c1C. The first-order valence-electron chi connectivity index (χ1n) is 21.9. The quantitative estimate of drug-likeness (QED) is 0.0721. The fourth-order valence-electron chi connectivity index (χ4n) is 8.30. The molecule has 3 fully saturated rings. The number of carbonyl (C=O) groups is 5. The summed E-state index contributed by atoms with van der Waals surface area (Å²) in [4.78, 5) is 75.6. The number of hydrogen-bond donors (Lipinski definition) is 4. The van der Waals surface area contributed by atoms with E-state index in [9.17, 15) is 32.4 Å². The fourth-order valence-corrected chi connectivity index (χ4v) is 9.99. The van der Waals surface area contributed by atoms with Gasteiger partial charge in [0.05, 0.1) is 22.3 Å². The van der Waals surface area contributed by atoms with Gasteiger partial charge in [0.2, 0.25) is 27.7 Å². The number of likely N-dealkylation sites (tertiary alicyclic amines) is 1.